The first-order valence-electron chi connectivity index (χ1n) is 7.50. The van der Waals surface area contributed by atoms with Gasteiger partial charge in [0.25, 0.3) is 5.89 Å². The summed E-state index contributed by atoms with van der Waals surface area (Å²) in [6, 6.07) is 11.4. The number of furan rings is 1. The summed E-state index contributed by atoms with van der Waals surface area (Å²) in [5.41, 5.74) is 0. The van der Waals surface area contributed by atoms with E-state index in [1.165, 1.54) is 18.4 Å². The molecule has 1 amide bonds. The van der Waals surface area contributed by atoms with Crippen molar-refractivity contribution in [3.8, 4) is 11.7 Å². The van der Waals surface area contributed by atoms with Crippen molar-refractivity contribution in [1.29, 1.82) is 0 Å². The number of amides is 1. The lowest BCUT2D eigenvalue weighted by Gasteiger charge is -2.04. The van der Waals surface area contributed by atoms with E-state index in [-0.39, 0.29) is 35.4 Å². The number of nitrogens with one attached hydrogen (secondary N) is 1. The third kappa shape index (κ3) is 4.32. The van der Waals surface area contributed by atoms with E-state index in [2.05, 4.69) is 15.5 Å². The van der Waals surface area contributed by atoms with Gasteiger partial charge in [-0.25, -0.2) is 8.42 Å². The molecule has 25 heavy (non-hydrogen) atoms. The van der Waals surface area contributed by atoms with Crippen LogP contribution in [0, 0.1) is 0 Å². The number of anilines is 1. The molecule has 0 aliphatic carbocycles. The largest absolute Gasteiger partial charge is 0.459 e. The van der Waals surface area contributed by atoms with E-state index in [1.54, 1.807) is 30.3 Å². The van der Waals surface area contributed by atoms with Gasteiger partial charge in [0.1, 0.15) is 0 Å². The molecule has 1 N–H and O–H groups in total. The predicted octanol–water partition coefficient (Wildman–Crippen LogP) is 2.52. The van der Waals surface area contributed by atoms with Crippen LogP contribution in [0.25, 0.3) is 11.7 Å². The van der Waals surface area contributed by atoms with Gasteiger partial charge in [0.05, 0.1) is 16.9 Å². The molecule has 0 aliphatic rings. The Kier molecular flexibility index (Phi) is 4.94. The van der Waals surface area contributed by atoms with E-state index in [0.717, 1.165) is 0 Å². The molecule has 0 atom stereocenters. The molecular formula is C16H15N3O5S. The highest BCUT2D eigenvalue weighted by atomic mass is 32.2. The number of carbonyl (C=O) groups is 1. The molecular weight excluding hydrogens is 346 g/mol. The van der Waals surface area contributed by atoms with Crippen molar-refractivity contribution in [1.82, 2.24) is 10.2 Å². The van der Waals surface area contributed by atoms with Gasteiger partial charge in [-0.1, -0.05) is 23.3 Å². The van der Waals surface area contributed by atoms with Crippen LogP contribution in [0.2, 0.25) is 0 Å². The maximum Gasteiger partial charge on any atom is 0.322 e. The summed E-state index contributed by atoms with van der Waals surface area (Å²) < 4.78 is 34.6. The van der Waals surface area contributed by atoms with Gasteiger partial charge in [-0.15, -0.1) is 5.10 Å². The zero-order valence-corrected chi connectivity index (χ0v) is 13.9. The van der Waals surface area contributed by atoms with Crippen LogP contribution in [0.5, 0.6) is 0 Å². The van der Waals surface area contributed by atoms with Crippen LogP contribution in [-0.4, -0.2) is 30.3 Å². The Hall–Kier alpha value is -2.94. The Morgan fingerprint density at radius 1 is 1.08 bits per heavy atom. The molecule has 0 saturated heterocycles. The van der Waals surface area contributed by atoms with Gasteiger partial charge in [-0.2, -0.15) is 0 Å². The lowest BCUT2D eigenvalue weighted by atomic mass is 10.3. The highest BCUT2D eigenvalue weighted by Gasteiger charge is 2.16. The highest BCUT2D eigenvalue weighted by Crippen LogP contribution is 2.20. The summed E-state index contributed by atoms with van der Waals surface area (Å²) in [6.45, 7) is 0. The summed E-state index contributed by atoms with van der Waals surface area (Å²) in [6.07, 6.45) is 1.66. The number of carbonyl (C=O) groups excluding carboxylic acids is 1. The Bertz CT molecular complexity index is 933. The van der Waals surface area contributed by atoms with Gasteiger partial charge in [-0.3, -0.25) is 10.1 Å². The molecule has 8 nitrogen and oxygen atoms in total. The van der Waals surface area contributed by atoms with Gasteiger partial charge in [0.15, 0.2) is 15.6 Å². The number of sulfone groups is 1. The molecule has 130 valence electrons. The average Bonchev–Trinajstić information content (AvgIpc) is 3.27. The molecule has 0 unspecified atom stereocenters. The number of aromatic nitrogens is 2. The van der Waals surface area contributed by atoms with Crippen LogP contribution >= 0.6 is 0 Å². The molecule has 1 aromatic carbocycles. The first-order valence-corrected chi connectivity index (χ1v) is 9.15. The minimum Gasteiger partial charge on any atom is -0.459 e. The van der Waals surface area contributed by atoms with Crippen LogP contribution < -0.4 is 5.32 Å². The highest BCUT2D eigenvalue weighted by molar-refractivity contribution is 7.91. The second-order valence-electron chi connectivity index (χ2n) is 5.17. The summed E-state index contributed by atoms with van der Waals surface area (Å²) in [7, 11) is -3.40. The van der Waals surface area contributed by atoms with Crippen molar-refractivity contribution in [2.24, 2.45) is 0 Å². The van der Waals surface area contributed by atoms with Gasteiger partial charge in [-0.05, 0) is 30.7 Å². The molecule has 0 spiro atoms. The quantitative estimate of drug-likeness (QED) is 0.687. The van der Waals surface area contributed by atoms with E-state index >= 15 is 0 Å². The topological polar surface area (TPSA) is 115 Å². The van der Waals surface area contributed by atoms with Crippen molar-refractivity contribution in [2.45, 2.75) is 17.7 Å². The fourth-order valence-corrected chi connectivity index (χ4v) is 3.46. The Morgan fingerprint density at radius 2 is 1.88 bits per heavy atom. The summed E-state index contributed by atoms with van der Waals surface area (Å²) >= 11 is 0. The first kappa shape index (κ1) is 16.9. The van der Waals surface area contributed by atoms with Crippen molar-refractivity contribution in [2.75, 3.05) is 11.1 Å². The SMILES string of the molecule is O=C(CCCS(=O)(=O)c1ccccc1)Nc1nnc(-c2ccco2)o1. The number of nitrogens with zero attached hydrogens (tertiary/aromatic N) is 2. The van der Waals surface area contributed by atoms with Crippen LogP contribution in [-0.2, 0) is 14.6 Å². The zero-order chi connectivity index (χ0) is 17.7. The van der Waals surface area contributed by atoms with Crippen molar-refractivity contribution >= 4 is 21.8 Å². The van der Waals surface area contributed by atoms with Crippen LogP contribution in [0.3, 0.4) is 0 Å². The van der Waals surface area contributed by atoms with E-state index in [1.807, 2.05) is 0 Å². The van der Waals surface area contributed by atoms with Crippen molar-refractivity contribution < 1.29 is 22.0 Å². The van der Waals surface area contributed by atoms with Crippen LogP contribution in [0.4, 0.5) is 6.01 Å². The maximum atomic E-state index is 12.1. The molecule has 0 aliphatic heterocycles. The molecule has 0 bridgehead atoms. The van der Waals surface area contributed by atoms with Gasteiger partial charge < -0.3 is 8.83 Å². The van der Waals surface area contributed by atoms with Gasteiger partial charge >= 0.3 is 6.01 Å². The van der Waals surface area contributed by atoms with E-state index in [9.17, 15) is 13.2 Å². The van der Waals surface area contributed by atoms with E-state index < -0.39 is 15.7 Å². The third-order valence-electron chi connectivity index (χ3n) is 3.32. The minimum atomic E-state index is -3.40. The number of hydrogen-bond donors (Lipinski definition) is 1. The number of benzene rings is 1. The third-order valence-corrected chi connectivity index (χ3v) is 5.14. The number of hydrogen-bond acceptors (Lipinski definition) is 7. The van der Waals surface area contributed by atoms with Crippen molar-refractivity contribution in [3.05, 3.63) is 48.7 Å². The molecule has 0 radical (unpaired) electrons. The van der Waals surface area contributed by atoms with Crippen LogP contribution in [0.15, 0.2) is 62.5 Å². The summed E-state index contributed by atoms with van der Waals surface area (Å²) in [4.78, 5) is 12.1. The number of rotatable bonds is 7. The standard InChI is InChI=1S/C16H15N3O5S/c20-14(9-5-11-25(21,22)12-6-2-1-3-7-12)17-16-19-18-15(24-16)13-8-4-10-23-13/h1-4,6-8,10H,5,9,11H2,(H,17,19,20). The lowest BCUT2D eigenvalue weighted by Crippen LogP contribution is -2.14. The molecule has 2 aromatic heterocycles. The minimum absolute atomic E-state index is 0.0184. The summed E-state index contributed by atoms with van der Waals surface area (Å²) in [5.74, 6) is 0.0122. The monoisotopic (exact) mass is 361 g/mol. The van der Waals surface area contributed by atoms with Gasteiger partial charge in [0, 0.05) is 6.42 Å². The zero-order valence-electron chi connectivity index (χ0n) is 13.1. The second kappa shape index (κ2) is 7.31. The molecule has 0 saturated carbocycles. The van der Waals surface area contributed by atoms with Crippen molar-refractivity contribution in [3.63, 3.8) is 0 Å². The van der Waals surface area contributed by atoms with E-state index in [4.69, 9.17) is 8.83 Å². The summed E-state index contributed by atoms with van der Waals surface area (Å²) in [5, 5.41) is 9.87. The van der Waals surface area contributed by atoms with E-state index in [0.29, 0.717) is 5.76 Å². The molecule has 2 heterocycles. The maximum absolute atomic E-state index is 12.1. The lowest BCUT2D eigenvalue weighted by molar-refractivity contribution is -0.116. The Balaban J connectivity index is 1.50. The fraction of sp³-hybridized carbons (Fsp3) is 0.188. The molecule has 3 aromatic rings. The Morgan fingerprint density at radius 3 is 2.60 bits per heavy atom. The smallest absolute Gasteiger partial charge is 0.322 e. The normalized spacial score (nSPS) is 11.4. The molecule has 0 fully saturated rings. The Labute approximate surface area is 143 Å². The first-order chi connectivity index (χ1) is 12.0. The molecule has 9 heteroatoms. The second-order valence-corrected chi connectivity index (χ2v) is 7.28. The average molecular weight is 361 g/mol. The van der Waals surface area contributed by atoms with Crippen LogP contribution in [0.1, 0.15) is 12.8 Å². The predicted molar refractivity (Wildman–Crippen MR) is 88.4 cm³/mol. The van der Waals surface area contributed by atoms with Gasteiger partial charge in [0.2, 0.25) is 5.91 Å². The fourth-order valence-electron chi connectivity index (χ4n) is 2.12. The molecule has 3 rings (SSSR count).